The summed E-state index contributed by atoms with van der Waals surface area (Å²) in [6, 6.07) is 12.7. The molecule has 1 aliphatic heterocycles. The molecule has 1 saturated heterocycles. The molecule has 2 aromatic carbocycles. The predicted molar refractivity (Wildman–Crippen MR) is 124 cm³/mol. The third-order valence-corrected chi connectivity index (χ3v) is 5.53. The van der Waals surface area contributed by atoms with Crippen molar-refractivity contribution in [3.63, 3.8) is 0 Å². The molecule has 10 heteroatoms. The molecule has 0 aliphatic carbocycles. The zero-order valence-corrected chi connectivity index (χ0v) is 19.6. The number of hydrogen-bond donors (Lipinski definition) is 2. The summed E-state index contributed by atoms with van der Waals surface area (Å²) < 4.78 is 10.2. The summed E-state index contributed by atoms with van der Waals surface area (Å²) in [5, 5.41) is 3.33. The van der Waals surface area contributed by atoms with Crippen molar-refractivity contribution in [1.82, 2.24) is 15.8 Å². The van der Waals surface area contributed by atoms with Crippen LogP contribution in [0.15, 0.2) is 48.5 Å². The van der Waals surface area contributed by atoms with Crippen LogP contribution in [-0.2, 0) is 19.9 Å². The van der Waals surface area contributed by atoms with E-state index < -0.39 is 29.4 Å². The molecule has 1 atom stereocenters. The predicted octanol–water partition coefficient (Wildman–Crippen LogP) is 2.20. The molecule has 0 bridgehead atoms. The number of carbonyl (C=O) groups excluding carboxylic acids is 4. The Hall–Kier alpha value is -4.08. The number of esters is 1. The highest BCUT2D eigenvalue weighted by atomic mass is 16.5. The number of methoxy groups -OCH3 is 1. The Morgan fingerprint density at radius 2 is 1.82 bits per heavy atom. The molecule has 34 heavy (non-hydrogen) atoms. The van der Waals surface area contributed by atoms with Crippen LogP contribution in [0.4, 0.5) is 10.5 Å². The highest BCUT2D eigenvalue weighted by Crippen LogP contribution is 2.29. The fraction of sp³-hybridized carbons (Fsp3) is 0.333. The number of hydrazine groups is 1. The van der Waals surface area contributed by atoms with Gasteiger partial charge in [-0.2, -0.15) is 5.01 Å². The second-order valence-corrected chi connectivity index (χ2v) is 7.74. The maximum Gasteiger partial charge on any atom is 0.344 e. The van der Waals surface area contributed by atoms with Crippen molar-refractivity contribution in [3.05, 3.63) is 59.7 Å². The maximum absolute atomic E-state index is 13.1. The second-order valence-electron chi connectivity index (χ2n) is 7.74. The van der Waals surface area contributed by atoms with E-state index in [1.54, 1.807) is 67.3 Å². The molecule has 1 aliphatic rings. The van der Waals surface area contributed by atoms with Gasteiger partial charge in [-0.3, -0.25) is 15.0 Å². The summed E-state index contributed by atoms with van der Waals surface area (Å²) in [4.78, 5) is 52.1. The number of benzene rings is 2. The molecule has 4 amide bonds. The van der Waals surface area contributed by atoms with Gasteiger partial charge in [0.1, 0.15) is 11.3 Å². The number of urea groups is 1. The maximum atomic E-state index is 13.1. The normalized spacial score (nSPS) is 17.2. The van der Waals surface area contributed by atoms with Gasteiger partial charge in [-0.05, 0) is 56.7 Å². The summed E-state index contributed by atoms with van der Waals surface area (Å²) in [5.41, 5.74) is 2.60. The lowest BCUT2D eigenvalue weighted by Gasteiger charge is -2.25. The van der Waals surface area contributed by atoms with E-state index in [1.807, 2.05) is 6.92 Å². The molecule has 0 spiro atoms. The summed E-state index contributed by atoms with van der Waals surface area (Å²) in [6.45, 7) is 5.70. The van der Waals surface area contributed by atoms with Crippen LogP contribution in [0.2, 0.25) is 0 Å². The minimum absolute atomic E-state index is 0.140. The van der Waals surface area contributed by atoms with Crippen molar-refractivity contribution in [2.24, 2.45) is 0 Å². The zero-order valence-electron chi connectivity index (χ0n) is 19.6. The molecule has 1 heterocycles. The Labute approximate surface area is 197 Å². The van der Waals surface area contributed by atoms with Gasteiger partial charge < -0.3 is 19.7 Å². The van der Waals surface area contributed by atoms with Gasteiger partial charge in [0.25, 0.3) is 11.8 Å². The van der Waals surface area contributed by atoms with Gasteiger partial charge in [-0.1, -0.05) is 18.2 Å². The number of imide groups is 1. The van der Waals surface area contributed by atoms with Crippen LogP contribution in [0.5, 0.6) is 5.75 Å². The van der Waals surface area contributed by atoms with Gasteiger partial charge in [-0.25, -0.2) is 9.59 Å². The van der Waals surface area contributed by atoms with E-state index in [9.17, 15) is 19.2 Å². The molecule has 3 rings (SSSR count). The molecule has 1 unspecified atom stereocenters. The standard InChI is InChI=1S/C24H28N4O6/c1-5-27(18-9-7-8-16(14-18)21(30)34-6-2)15-20(29)26-28-22(31)24(3,25-23(28)32)17-10-12-19(33-4)13-11-17/h7-14H,5-6,15H2,1-4H3,(H,25,32)(H,26,29). The second kappa shape index (κ2) is 10.2. The molecule has 180 valence electrons. The molecule has 1 fully saturated rings. The lowest BCUT2D eigenvalue weighted by atomic mass is 9.92. The molecular weight excluding hydrogens is 440 g/mol. The first-order valence-corrected chi connectivity index (χ1v) is 10.9. The Balaban J connectivity index is 1.71. The van der Waals surface area contributed by atoms with Crippen LogP contribution < -0.4 is 20.4 Å². The van der Waals surface area contributed by atoms with E-state index >= 15 is 0 Å². The van der Waals surface area contributed by atoms with Crippen molar-refractivity contribution < 1.29 is 28.7 Å². The van der Waals surface area contributed by atoms with Gasteiger partial charge in [0, 0.05) is 12.2 Å². The number of amides is 4. The van der Waals surface area contributed by atoms with Crippen LogP contribution in [0.1, 0.15) is 36.7 Å². The zero-order chi connectivity index (χ0) is 24.9. The Morgan fingerprint density at radius 1 is 1.12 bits per heavy atom. The molecule has 2 N–H and O–H groups in total. The van der Waals surface area contributed by atoms with Crippen LogP contribution >= 0.6 is 0 Å². The average Bonchev–Trinajstić information content (AvgIpc) is 3.06. The molecule has 0 radical (unpaired) electrons. The Kier molecular flexibility index (Phi) is 7.40. The number of ether oxygens (including phenoxy) is 2. The molecule has 0 aromatic heterocycles. The fourth-order valence-electron chi connectivity index (χ4n) is 3.62. The highest BCUT2D eigenvalue weighted by Gasteiger charge is 2.50. The first-order valence-electron chi connectivity index (χ1n) is 10.9. The number of anilines is 1. The van der Waals surface area contributed by atoms with Gasteiger partial charge in [0.2, 0.25) is 0 Å². The summed E-state index contributed by atoms with van der Waals surface area (Å²) >= 11 is 0. The smallest absolute Gasteiger partial charge is 0.344 e. The summed E-state index contributed by atoms with van der Waals surface area (Å²) in [6.07, 6.45) is 0. The number of nitrogens with zero attached hydrogens (tertiary/aromatic N) is 2. The topological polar surface area (TPSA) is 117 Å². The number of carbonyl (C=O) groups is 4. The van der Waals surface area contributed by atoms with Crippen molar-refractivity contribution in [3.8, 4) is 5.75 Å². The van der Waals surface area contributed by atoms with Gasteiger partial charge >= 0.3 is 12.0 Å². The van der Waals surface area contributed by atoms with E-state index in [0.29, 0.717) is 34.1 Å². The highest BCUT2D eigenvalue weighted by molar-refractivity contribution is 6.08. The van der Waals surface area contributed by atoms with Crippen molar-refractivity contribution in [1.29, 1.82) is 0 Å². The summed E-state index contributed by atoms with van der Waals surface area (Å²) in [7, 11) is 1.53. The van der Waals surface area contributed by atoms with E-state index in [0.717, 1.165) is 0 Å². The molecule has 2 aromatic rings. The Bertz CT molecular complexity index is 1090. The van der Waals surface area contributed by atoms with Crippen LogP contribution in [0.25, 0.3) is 0 Å². The van der Waals surface area contributed by atoms with Gasteiger partial charge in [0.05, 0.1) is 25.8 Å². The lowest BCUT2D eigenvalue weighted by Crippen LogP contribution is -2.50. The first kappa shape index (κ1) is 24.6. The van der Waals surface area contributed by atoms with Crippen LogP contribution in [0, 0.1) is 0 Å². The SMILES string of the molecule is CCOC(=O)c1cccc(N(CC)CC(=O)NN2C(=O)NC(C)(c3ccc(OC)cc3)C2=O)c1. The number of rotatable bonds is 9. The Morgan fingerprint density at radius 3 is 2.44 bits per heavy atom. The largest absolute Gasteiger partial charge is 0.497 e. The number of hydrogen-bond acceptors (Lipinski definition) is 7. The summed E-state index contributed by atoms with van der Waals surface area (Å²) in [5.74, 6) is -1.02. The molecule has 0 saturated carbocycles. The van der Waals surface area contributed by atoms with Crippen molar-refractivity contribution >= 4 is 29.5 Å². The quantitative estimate of drug-likeness (QED) is 0.428. The number of nitrogens with one attached hydrogen (secondary N) is 2. The van der Waals surface area contributed by atoms with E-state index in [1.165, 1.54) is 7.11 Å². The van der Waals surface area contributed by atoms with Crippen molar-refractivity contribution in [2.45, 2.75) is 26.3 Å². The van der Waals surface area contributed by atoms with Crippen LogP contribution in [-0.4, -0.2) is 55.6 Å². The third-order valence-electron chi connectivity index (χ3n) is 5.53. The van der Waals surface area contributed by atoms with Gasteiger partial charge in [0.15, 0.2) is 0 Å². The minimum atomic E-state index is -1.34. The molecular formula is C24H28N4O6. The van der Waals surface area contributed by atoms with E-state index in [4.69, 9.17) is 9.47 Å². The fourth-order valence-corrected chi connectivity index (χ4v) is 3.62. The monoisotopic (exact) mass is 468 g/mol. The average molecular weight is 469 g/mol. The van der Waals surface area contributed by atoms with E-state index in [-0.39, 0.29) is 13.2 Å². The lowest BCUT2D eigenvalue weighted by molar-refractivity contribution is -0.138. The minimum Gasteiger partial charge on any atom is -0.497 e. The van der Waals surface area contributed by atoms with Crippen LogP contribution in [0.3, 0.4) is 0 Å². The van der Waals surface area contributed by atoms with E-state index in [2.05, 4.69) is 10.7 Å². The van der Waals surface area contributed by atoms with Crippen molar-refractivity contribution in [2.75, 3.05) is 31.7 Å². The first-order chi connectivity index (χ1) is 16.2. The van der Waals surface area contributed by atoms with Gasteiger partial charge in [-0.15, -0.1) is 0 Å². The number of likely N-dealkylation sites (N-methyl/N-ethyl adjacent to an activating group) is 1. The third kappa shape index (κ3) is 4.95. The molecule has 10 nitrogen and oxygen atoms in total.